The molecule has 2 rings (SSSR count). The summed E-state index contributed by atoms with van der Waals surface area (Å²) < 4.78 is 0. The van der Waals surface area contributed by atoms with Gasteiger partial charge in [-0.2, -0.15) is 0 Å². The molecule has 124 valence electrons. The molecule has 0 amide bonds. The van der Waals surface area contributed by atoms with Gasteiger partial charge in [0, 0.05) is 37.9 Å². The van der Waals surface area contributed by atoms with Crippen LogP contribution in [0.3, 0.4) is 0 Å². The first-order chi connectivity index (χ1) is 10.3. The van der Waals surface area contributed by atoms with Crippen molar-refractivity contribution in [3.63, 3.8) is 0 Å². The third kappa shape index (κ3) is 3.53. The molecular formula is C15H23ClN2O4. The number of benzene rings is 1. The lowest BCUT2D eigenvalue weighted by Gasteiger charge is -2.43. The van der Waals surface area contributed by atoms with E-state index in [0.29, 0.717) is 11.6 Å². The molecule has 7 heteroatoms. The lowest BCUT2D eigenvalue weighted by Crippen LogP contribution is -2.62. The fraction of sp³-hybridized carbons (Fsp3) is 0.600. The molecule has 1 fully saturated rings. The van der Waals surface area contributed by atoms with E-state index in [0.717, 1.165) is 11.3 Å². The third-order valence-electron chi connectivity index (χ3n) is 4.14. The number of hydrogen-bond acceptors (Lipinski definition) is 6. The van der Waals surface area contributed by atoms with Crippen molar-refractivity contribution in [2.45, 2.75) is 30.9 Å². The summed E-state index contributed by atoms with van der Waals surface area (Å²) in [5.41, 5.74) is 1.81. The second-order valence-corrected chi connectivity index (χ2v) is 6.31. The Morgan fingerprint density at radius 1 is 1.23 bits per heavy atom. The van der Waals surface area contributed by atoms with Crippen LogP contribution < -0.4 is 4.90 Å². The molecule has 4 atom stereocenters. The Labute approximate surface area is 135 Å². The molecule has 4 unspecified atom stereocenters. The maximum atomic E-state index is 9.99. The minimum Gasteiger partial charge on any atom is -0.395 e. The molecule has 6 nitrogen and oxygen atoms in total. The number of nitrogens with zero attached hydrogens (tertiary/aromatic N) is 2. The SMILES string of the molecule is CN(C)c1ccc(CN2CC(O)C(O)C(O)C2CO)c(Cl)c1. The summed E-state index contributed by atoms with van der Waals surface area (Å²) in [7, 11) is 3.84. The van der Waals surface area contributed by atoms with Gasteiger partial charge in [-0.05, 0) is 17.7 Å². The van der Waals surface area contributed by atoms with Crippen molar-refractivity contribution in [3.05, 3.63) is 28.8 Å². The number of hydrogen-bond donors (Lipinski definition) is 4. The van der Waals surface area contributed by atoms with Gasteiger partial charge in [0.15, 0.2) is 0 Å². The highest BCUT2D eigenvalue weighted by Gasteiger charge is 2.40. The Morgan fingerprint density at radius 3 is 2.45 bits per heavy atom. The number of rotatable bonds is 4. The van der Waals surface area contributed by atoms with Gasteiger partial charge in [0.25, 0.3) is 0 Å². The highest BCUT2D eigenvalue weighted by atomic mass is 35.5. The molecule has 0 spiro atoms. The summed E-state index contributed by atoms with van der Waals surface area (Å²) in [4.78, 5) is 3.68. The van der Waals surface area contributed by atoms with Crippen molar-refractivity contribution >= 4 is 17.3 Å². The Bertz CT molecular complexity index is 514. The number of halogens is 1. The van der Waals surface area contributed by atoms with Crippen LogP contribution in [-0.2, 0) is 6.54 Å². The number of piperidine rings is 1. The van der Waals surface area contributed by atoms with Crippen LogP contribution >= 0.6 is 11.6 Å². The molecule has 1 aliphatic rings. The van der Waals surface area contributed by atoms with Crippen LogP contribution in [0.5, 0.6) is 0 Å². The highest BCUT2D eigenvalue weighted by Crippen LogP contribution is 2.27. The Balaban J connectivity index is 2.18. The van der Waals surface area contributed by atoms with E-state index in [2.05, 4.69) is 0 Å². The van der Waals surface area contributed by atoms with Crippen LogP contribution in [0.25, 0.3) is 0 Å². The van der Waals surface area contributed by atoms with Crippen LogP contribution in [0.1, 0.15) is 5.56 Å². The molecular weight excluding hydrogens is 308 g/mol. The van der Waals surface area contributed by atoms with Gasteiger partial charge >= 0.3 is 0 Å². The van der Waals surface area contributed by atoms with Crippen LogP contribution in [0.15, 0.2) is 18.2 Å². The molecule has 1 aromatic rings. The average molecular weight is 331 g/mol. The summed E-state index contributed by atoms with van der Waals surface area (Å²) in [6.07, 6.45) is -3.51. The molecule has 1 aliphatic heterocycles. The van der Waals surface area contributed by atoms with Gasteiger partial charge in [-0.3, -0.25) is 4.90 Å². The fourth-order valence-corrected chi connectivity index (χ4v) is 2.96. The van der Waals surface area contributed by atoms with E-state index in [9.17, 15) is 20.4 Å². The minimum absolute atomic E-state index is 0.162. The van der Waals surface area contributed by atoms with Gasteiger partial charge in [0.2, 0.25) is 0 Å². The molecule has 0 aliphatic carbocycles. The van der Waals surface area contributed by atoms with Gasteiger partial charge < -0.3 is 25.3 Å². The largest absolute Gasteiger partial charge is 0.395 e. The first-order valence-corrected chi connectivity index (χ1v) is 7.57. The van der Waals surface area contributed by atoms with E-state index >= 15 is 0 Å². The molecule has 0 aromatic heterocycles. The molecule has 1 heterocycles. The summed E-state index contributed by atoms with van der Waals surface area (Å²) in [6.45, 7) is 0.228. The van der Waals surface area contributed by atoms with Crippen molar-refractivity contribution < 1.29 is 20.4 Å². The maximum Gasteiger partial charge on any atom is 0.109 e. The number of aliphatic hydroxyl groups excluding tert-OH is 4. The highest BCUT2D eigenvalue weighted by molar-refractivity contribution is 6.31. The monoisotopic (exact) mass is 330 g/mol. The zero-order valence-electron chi connectivity index (χ0n) is 12.7. The average Bonchev–Trinajstić information content (AvgIpc) is 2.47. The van der Waals surface area contributed by atoms with Crippen molar-refractivity contribution in [3.8, 4) is 0 Å². The van der Waals surface area contributed by atoms with Crippen molar-refractivity contribution in [1.82, 2.24) is 4.90 Å². The van der Waals surface area contributed by atoms with Crippen LogP contribution in [0.4, 0.5) is 5.69 Å². The standard InChI is InChI=1S/C15H23ClN2O4/c1-17(2)10-4-3-9(11(16)5-10)6-18-7-13(20)15(22)14(21)12(18)8-19/h3-5,12-15,19-22H,6-8H2,1-2H3. The number of anilines is 1. The van der Waals surface area contributed by atoms with Gasteiger partial charge in [-0.15, -0.1) is 0 Å². The predicted octanol–water partition coefficient (Wildman–Crippen LogP) is -0.335. The van der Waals surface area contributed by atoms with Crippen LogP contribution in [0.2, 0.25) is 5.02 Å². The zero-order chi connectivity index (χ0) is 16.4. The fourth-order valence-electron chi connectivity index (χ4n) is 2.72. The second-order valence-electron chi connectivity index (χ2n) is 5.90. The summed E-state index contributed by atoms with van der Waals surface area (Å²) in [5, 5.41) is 39.6. The van der Waals surface area contributed by atoms with E-state index < -0.39 is 24.4 Å². The Kier molecular flexibility index (Phi) is 5.65. The molecule has 0 saturated carbocycles. The normalized spacial score (nSPS) is 29.6. The quantitative estimate of drug-likeness (QED) is 0.604. The lowest BCUT2D eigenvalue weighted by molar-refractivity contribution is -0.147. The van der Waals surface area contributed by atoms with Gasteiger partial charge in [0.05, 0.1) is 18.8 Å². The zero-order valence-corrected chi connectivity index (χ0v) is 13.5. The van der Waals surface area contributed by atoms with Crippen molar-refractivity contribution in [2.75, 3.05) is 32.1 Å². The molecule has 4 N–H and O–H groups in total. The number of likely N-dealkylation sites (tertiary alicyclic amines) is 1. The van der Waals surface area contributed by atoms with Crippen LogP contribution in [0, 0.1) is 0 Å². The lowest BCUT2D eigenvalue weighted by atomic mass is 9.93. The molecule has 0 bridgehead atoms. The predicted molar refractivity (Wildman–Crippen MR) is 85.1 cm³/mol. The molecule has 1 aromatic carbocycles. The Morgan fingerprint density at radius 2 is 1.91 bits per heavy atom. The van der Waals surface area contributed by atoms with E-state index in [1.165, 1.54) is 0 Å². The molecule has 1 saturated heterocycles. The van der Waals surface area contributed by atoms with Gasteiger partial charge in [-0.25, -0.2) is 0 Å². The van der Waals surface area contributed by atoms with E-state index in [-0.39, 0.29) is 13.2 Å². The third-order valence-corrected chi connectivity index (χ3v) is 4.49. The van der Waals surface area contributed by atoms with Crippen LogP contribution in [-0.4, -0.2) is 76.9 Å². The Hall–Kier alpha value is -0.890. The number of aliphatic hydroxyl groups is 4. The topological polar surface area (TPSA) is 87.4 Å². The second kappa shape index (κ2) is 7.12. The first-order valence-electron chi connectivity index (χ1n) is 7.20. The van der Waals surface area contributed by atoms with E-state index in [1.807, 2.05) is 37.2 Å². The maximum absolute atomic E-state index is 9.99. The van der Waals surface area contributed by atoms with E-state index in [4.69, 9.17) is 11.6 Å². The van der Waals surface area contributed by atoms with Gasteiger partial charge in [0.1, 0.15) is 12.2 Å². The first kappa shape index (κ1) is 17.5. The molecule has 0 radical (unpaired) electrons. The van der Waals surface area contributed by atoms with Gasteiger partial charge in [-0.1, -0.05) is 17.7 Å². The molecule has 22 heavy (non-hydrogen) atoms. The van der Waals surface area contributed by atoms with Crippen molar-refractivity contribution in [2.24, 2.45) is 0 Å². The summed E-state index contributed by atoms with van der Waals surface area (Å²) >= 11 is 6.29. The van der Waals surface area contributed by atoms with E-state index in [1.54, 1.807) is 4.90 Å². The smallest absolute Gasteiger partial charge is 0.109 e. The number of β-amino-alcohol motifs (C(OH)–C–C–N with tert-alkyl or cyclic N) is 1. The van der Waals surface area contributed by atoms with Crippen molar-refractivity contribution in [1.29, 1.82) is 0 Å². The summed E-state index contributed by atoms with van der Waals surface area (Å²) in [5.74, 6) is 0. The minimum atomic E-state index is -1.25. The summed E-state index contributed by atoms with van der Waals surface area (Å²) in [6, 6.07) is 5.02.